The van der Waals surface area contributed by atoms with E-state index in [4.69, 9.17) is 27.9 Å². The predicted octanol–water partition coefficient (Wildman–Crippen LogP) is 2.22. The maximum atomic E-state index is 8.71. The lowest BCUT2D eigenvalue weighted by atomic mass is 10.1. The van der Waals surface area contributed by atoms with Crippen molar-refractivity contribution in [2.75, 3.05) is 25.1 Å². The number of nitrogens with zero attached hydrogens (tertiary/aromatic N) is 1. The lowest BCUT2D eigenvalue weighted by Crippen LogP contribution is -2.19. The van der Waals surface area contributed by atoms with E-state index in [0.717, 1.165) is 31.5 Å². The van der Waals surface area contributed by atoms with Crippen LogP contribution in [0, 0.1) is 5.41 Å². The number of benzene rings is 1. The Kier molecular flexibility index (Phi) is 5.95. The average Bonchev–Trinajstić information content (AvgIpc) is 2.34. The lowest BCUT2D eigenvalue weighted by molar-refractivity contribution is 0.283. The van der Waals surface area contributed by atoms with Crippen LogP contribution in [0.15, 0.2) is 18.2 Å². The third kappa shape index (κ3) is 4.20. The molecule has 0 aromatic heterocycles. The first kappa shape index (κ1) is 14.8. The van der Waals surface area contributed by atoms with Crippen molar-refractivity contribution in [3.05, 3.63) is 28.8 Å². The molecular weight excluding hydrogens is 250 g/mol. The van der Waals surface area contributed by atoms with E-state index in [1.165, 1.54) is 0 Å². The quantitative estimate of drug-likeness (QED) is 0.404. The first-order chi connectivity index (χ1) is 8.56. The van der Waals surface area contributed by atoms with Crippen molar-refractivity contribution in [1.29, 1.82) is 5.41 Å². The average molecular weight is 270 g/mol. The molecule has 1 aromatic rings. The van der Waals surface area contributed by atoms with Gasteiger partial charge in [-0.25, -0.2) is 0 Å². The summed E-state index contributed by atoms with van der Waals surface area (Å²) in [7, 11) is 1.98. The number of anilines is 1. The van der Waals surface area contributed by atoms with Crippen molar-refractivity contribution in [2.45, 2.75) is 19.3 Å². The Labute approximate surface area is 113 Å². The van der Waals surface area contributed by atoms with Crippen LogP contribution in [0.4, 0.5) is 5.69 Å². The number of aliphatic hydroxyl groups excluding tert-OH is 1. The fourth-order valence-electron chi connectivity index (χ4n) is 1.74. The summed E-state index contributed by atoms with van der Waals surface area (Å²) in [6.07, 6.45) is 2.86. The minimum absolute atomic E-state index is 0.0223. The predicted molar refractivity (Wildman–Crippen MR) is 76.7 cm³/mol. The van der Waals surface area contributed by atoms with E-state index in [1.54, 1.807) is 12.1 Å². The molecule has 4 N–H and O–H groups in total. The van der Waals surface area contributed by atoms with Gasteiger partial charge in [-0.15, -0.1) is 0 Å². The van der Waals surface area contributed by atoms with E-state index >= 15 is 0 Å². The Morgan fingerprint density at radius 2 is 2.11 bits per heavy atom. The number of nitrogen functional groups attached to an aromatic ring is 1. The van der Waals surface area contributed by atoms with Gasteiger partial charge in [0.05, 0.1) is 10.7 Å². The summed E-state index contributed by atoms with van der Waals surface area (Å²) in [5.74, 6) is 0.0223. The van der Waals surface area contributed by atoms with Gasteiger partial charge in [0, 0.05) is 25.8 Å². The van der Waals surface area contributed by atoms with Crippen molar-refractivity contribution < 1.29 is 5.11 Å². The zero-order valence-electron chi connectivity index (χ0n) is 10.6. The van der Waals surface area contributed by atoms with Gasteiger partial charge in [0.15, 0.2) is 0 Å². The fourth-order valence-corrected chi connectivity index (χ4v) is 2.07. The summed E-state index contributed by atoms with van der Waals surface area (Å²) in [6.45, 7) is 1.14. The third-order valence-electron chi connectivity index (χ3n) is 2.82. The molecule has 0 fully saturated rings. The van der Waals surface area contributed by atoms with Crippen molar-refractivity contribution in [2.24, 2.45) is 5.73 Å². The smallest absolute Gasteiger partial charge is 0.122 e. The number of aliphatic hydroxyl groups is 1. The van der Waals surface area contributed by atoms with E-state index in [9.17, 15) is 0 Å². The van der Waals surface area contributed by atoms with Gasteiger partial charge >= 0.3 is 0 Å². The second-order valence-electron chi connectivity index (χ2n) is 4.29. The Balaban J connectivity index is 2.62. The van der Waals surface area contributed by atoms with Gasteiger partial charge in [0.1, 0.15) is 5.84 Å². The number of nitrogens with one attached hydrogen (secondary N) is 1. The van der Waals surface area contributed by atoms with Gasteiger partial charge in [-0.1, -0.05) is 11.6 Å². The Morgan fingerprint density at radius 3 is 2.67 bits per heavy atom. The zero-order valence-corrected chi connectivity index (χ0v) is 11.4. The van der Waals surface area contributed by atoms with Crippen molar-refractivity contribution >= 4 is 23.1 Å². The van der Waals surface area contributed by atoms with Gasteiger partial charge < -0.3 is 15.7 Å². The number of nitrogens with two attached hydrogens (primary N) is 1. The zero-order chi connectivity index (χ0) is 13.5. The molecule has 4 nitrogen and oxygen atoms in total. The summed E-state index contributed by atoms with van der Waals surface area (Å²) >= 11 is 6.17. The SMILES string of the molecule is CN(CCCCCO)c1ccc(C(=N)N)cc1Cl. The van der Waals surface area contributed by atoms with Gasteiger partial charge in [-0.3, -0.25) is 5.41 Å². The molecule has 1 aromatic carbocycles. The molecule has 0 saturated carbocycles. The van der Waals surface area contributed by atoms with Crippen molar-refractivity contribution in [3.63, 3.8) is 0 Å². The van der Waals surface area contributed by atoms with Crippen LogP contribution in [-0.4, -0.2) is 31.1 Å². The molecule has 100 valence electrons. The summed E-state index contributed by atoms with van der Waals surface area (Å²) in [5, 5.41) is 16.7. The second kappa shape index (κ2) is 7.24. The highest BCUT2D eigenvalue weighted by Gasteiger charge is 2.07. The molecule has 1 rings (SSSR count). The van der Waals surface area contributed by atoms with E-state index in [0.29, 0.717) is 10.6 Å². The van der Waals surface area contributed by atoms with Crippen LogP contribution < -0.4 is 10.6 Å². The number of hydrogen-bond donors (Lipinski definition) is 3. The molecule has 18 heavy (non-hydrogen) atoms. The molecule has 0 bridgehead atoms. The first-order valence-corrected chi connectivity index (χ1v) is 6.40. The molecular formula is C13H20ClN3O. The lowest BCUT2D eigenvalue weighted by Gasteiger charge is -2.21. The van der Waals surface area contributed by atoms with Crippen LogP contribution in [0.25, 0.3) is 0 Å². The van der Waals surface area contributed by atoms with Gasteiger partial charge in [-0.05, 0) is 37.5 Å². The minimum Gasteiger partial charge on any atom is -0.396 e. The van der Waals surface area contributed by atoms with Crippen molar-refractivity contribution in [1.82, 2.24) is 0 Å². The normalized spacial score (nSPS) is 10.4. The van der Waals surface area contributed by atoms with Crippen LogP contribution >= 0.6 is 11.6 Å². The Bertz CT molecular complexity index is 409. The fraction of sp³-hybridized carbons (Fsp3) is 0.462. The topological polar surface area (TPSA) is 73.3 Å². The Hall–Kier alpha value is -1.26. The van der Waals surface area contributed by atoms with Crippen LogP contribution in [-0.2, 0) is 0 Å². The summed E-state index contributed by atoms with van der Waals surface area (Å²) in [6, 6.07) is 5.39. The van der Waals surface area contributed by atoms with E-state index < -0.39 is 0 Å². The molecule has 0 spiro atoms. The number of rotatable bonds is 7. The Morgan fingerprint density at radius 1 is 1.39 bits per heavy atom. The molecule has 0 heterocycles. The highest BCUT2D eigenvalue weighted by Crippen LogP contribution is 2.26. The largest absolute Gasteiger partial charge is 0.396 e. The summed E-state index contributed by atoms with van der Waals surface area (Å²) in [4.78, 5) is 2.07. The number of hydrogen-bond acceptors (Lipinski definition) is 3. The standard InChI is InChI=1S/C13H20ClN3O/c1-17(7-3-2-4-8-18)12-6-5-10(13(15)16)9-11(12)14/h5-6,9,18H,2-4,7-8H2,1H3,(H3,15,16). The van der Waals surface area contributed by atoms with E-state index in [-0.39, 0.29) is 12.4 Å². The molecule has 0 aliphatic rings. The second-order valence-corrected chi connectivity index (χ2v) is 4.69. The molecule has 0 aliphatic heterocycles. The highest BCUT2D eigenvalue weighted by atomic mass is 35.5. The molecule has 0 atom stereocenters. The maximum absolute atomic E-state index is 8.71. The van der Waals surface area contributed by atoms with Crippen molar-refractivity contribution in [3.8, 4) is 0 Å². The number of unbranched alkanes of at least 4 members (excludes halogenated alkanes) is 2. The van der Waals surface area contributed by atoms with Crippen LogP contribution in [0.5, 0.6) is 0 Å². The van der Waals surface area contributed by atoms with Crippen LogP contribution in [0.1, 0.15) is 24.8 Å². The number of amidine groups is 1. The minimum atomic E-state index is 0.0223. The van der Waals surface area contributed by atoms with Gasteiger partial charge in [-0.2, -0.15) is 0 Å². The molecule has 0 amide bonds. The monoisotopic (exact) mass is 269 g/mol. The molecule has 0 aliphatic carbocycles. The number of halogens is 1. The third-order valence-corrected chi connectivity index (χ3v) is 3.12. The van der Waals surface area contributed by atoms with E-state index in [1.807, 2.05) is 13.1 Å². The summed E-state index contributed by atoms with van der Waals surface area (Å²) < 4.78 is 0. The molecule has 0 saturated heterocycles. The van der Waals surface area contributed by atoms with Gasteiger partial charge in [0.2, 0.25) is 0 Å². The van der Waals surface area contributed by atoms with E-state index in [2.05, 4.69) is 4.90 Å². The molecule has 5 heteroatoms. The first-order valence-electron chi connectivity index (χ1n) is 6.02. The van der Waals surface area contributed by atoms with Gasteiger partial charge in [0.25, 0.3) is 0 Å². The van der Waals surface area contributed by atoms with Crippen LogP contribution in [0.3, 0.4) is 0 Å². The highest BCUT2D eigenvalue weighted by molar-refractivity contribution is 6.33. The summed E-state index contributed by atoms with van der Waals surface area (Å²) in [5.41, 5.74) is 6.98. The molecule has 0 radical (unpaired) electrons. The maximum Gasteiger partial charge on any atom is 0.122 e. The molecule has 0 unspecified atom stereocenters. The van der Waals surface area contributed by atoms with Crippen LogP contribution in [0.2, 0.25) is 5.02 Å².